The summed E-state index contributed by atoms with van der Waals surface area (Å²) in [7, 11) is -1.91. The average Bonchev–Trinajstić information content (AvgIpc) is 3.31. The van der Waals surface area contributed by atoms with Crippen LogP contribution in [0.5, 0.6) is 0 Å². The highest BCUT2D eigenvalue weighted by Gasteiger charge is 2.20. The summed E-state index contributed by atoms with van der Waals surface area (Å²) in [6.45, 7) is 1.82. The Morgan fingerprint density at radius 2 is 2.00 bits per heavy atom. The summed E-state index contributed by atoms with van der Waals surface area (Å²) >= 11 is 0. The van der Waals surface area contributed by atoms with Crippen molar-refractivity contribution in [1.29, 1.82) is 0 Å². The molecule has 2 aromatic heterocycles. The van der Waals surface area contributed by atoms with Crippen molar-refractivity contribution in [1.82, 2.24) is 14.5 Å². The van der Waals surface area contributed by atoms with Gasteiger partial charge in [0.15, 0.2) is 0 Å². The van der Waals surface area contributed by atoms with E-state index in [0.29, 0.717) is 23.0 Å². The van der Waals surface area contributed by atoms with E-state index in [1.54, 1.807) is 17.8 Å². The van der Waals surface area contributed by atoms with Gasteiger partial charge in [0.2, 0.25) is 15.8 Å². The zero-order valence-electron chi connectivity index (χ0n) is 17.0. The molecule has 0 aliphatic rings. The van der Waals surface area contributed by atoms with Crippen LogP contribution in [0.4, 0.5) is 0 Å². The molecule has 9 heteroatoms. The van der Waals surface area contributed by atoms with Gasteiger partial charge in [-0.05, 0) is 42.7 Å². The van der Waals surface area contributed by atoms with Crippen LogP contribution in [-0.4, -0.2) is 35.8 Å². The van der Waals surface area contributed by atoms with Crippen molar-refractivity contribution < 1.29 is 22.7 Å². The van der Waals surface area contributed by atoms with Gasteiger partial charge in [0.1, 0.15) is 5.58 Å². The Morgan fingerprint density at radius 3 is 2.71 bits per heavy atom. The number of hydrogen-bond donors (Lipinski definition) is 2. The average molecular weight is 439 g/mol. The molecule has 0 aliphatic heterocycles. The SMILES string of the molecule is Cc1c(C(=O)O)oc2ccc(S(=O)(=O)NCCc3cccc(-c4cnn(C)c4)c3)cc12. The summed E-state index contributed by atoms with van der Waals surface area (Å²) in [5.41, 5.74) is 3.74. The van der Waals surface area contributed by atoms with Gasteiger partial charge in [-0.25, -0.2) is 17.9 Å². The van der Waals surface area contributed by atoms with Crippen molar-refractivity contribution in [3.8, 4) is 11.1 Å². The highest BCUT2D eigenvalue weighted by molar-refractivity contribution is 7.89. The Bertz CT molecular complexity index is 1390. The third-order valence-electron chi connectivity index (χ3n) is 5.08. The smallest absolute Gasteiger partial charge is 0.372 e. The normalized spacial score (nSPS) is 11.8. The van der Waals surface area contributed by atoms with Crippen molar-refractivity contribution >= 4 is 27.0 Å². The van der Waals surface area contributed by atoms with Crippen LogP contribution in [-0.2, 0) is 23.5 Å². The summed E-state index contributed by atoms with van der Waals surface area (Å²) in [5.74, 6) is -1.38. The van der Waals surface area contributed by atoms with Gasteiger partial charge >= 0.3 is 5.97 Å². The lowest BCUT2D eigenvalue weighted by Gasteiger charge is -2.08. The third-order valence-corrected chi connectivity index (χ3v) is 6.54. The van der Waals surface area contributed by atoms with Crippen molar-refractivity contribution in [2.75, 3.05) is 6.54 Å². The topological polar surface area (TPSA) is 114 Å². The van der Waals surface area contributed by atoms with Gasteiger partial charge in [-0.3, -0.25) is 4.68 Å². The number of fused-ring (bicyclic) bond motifs is 1. The number of carboxylic acid groups (broad SMARTS) is 1. The molecule has 0 atom stereocenters. The quantitative estimate of drug-likeness (QED) is 0.456. The van der Waals surface area contributed by atoms with Crippen molar-refractivity contribution in [2.24, 2.45) is 7.05 Å². The number of nitrogens with one attached hydrogen (secondary N) is 1. The van der Waals surface area contributed by atoms with Gasteiger partial charge in [0.05, 0.1) is 11.1 Å². The first kappa shape index (κ1) is 20.8. The second-order valence-corrected chi connectivity index (χ2v) is 9.04. The lowest BCUT2D eigenvalue weighted by atomic mass is 10.0. The minimum absolute atomic E-state index is 0.0601. The maximum Gasteiger partial charge on any atom is 0.372 e. The second-order valence-electron chi connectivity index (χ2n) is 7.27. The number of rotatable bonds is 7. The van der Waals surface area contributed by atoms with E-state index in [-0.39, 0.29) is 17.2 Å². The van der Waals surface area contributed by atoms with Crippen molar-refractivity contribution in [2.45, 2.75) is 18.2 Å². The highest BCUT2D eigenvalue weighted by Crippen LogP contribution is 2.27. The van der Waals surface area contributed by atoms with Gasteiger partial charge in [0.25, 0.3) is 0 Å². The van der Waals surface area contributed by atoms with E-state index >= 15 is 0 Å². The summed E-state index contributed by atoms with van der Waals surface area (Å²) in [4.78, 5) is 11.3. The Morgan fingerprint density at radius 1 is 1.19 bits per heavy atom. The molecule has 2 N–H and O–H groups in total. The Labute approximate surface area is 179 Å². The second kappa shape index (κ2) is 8.01. The first-order valence-corrected chi connectivity index (χ1v) is 11.1. The molecular formula is C22H21N3O5S. The highest BCUT2D eigenvalue weighted by atomic mass is 32.2. The molecule has 2 heterocycles. The molecule has 0 amide bonds. The molecule has 0 spiro atoms. The minimum Gasteiger partial charge on any atom is -0.475 e. The first-order valence-electron chi connectivity index (χ1n) is 9.59. The van der Waals surface area contributed by atoms with Crippen LogP contribution >= 0.6 is 0 Å². The predicted octanol–water partition coefficient (Wildman–Crippen LogP) is 3.36. The van der Waals surface area contributed by atoms with Crippen LogP contribution in [0.2, 0.25) is 0 Å². The summed E-state index contributed by atoms with van der Waals surface area (Å²) < 4.78 is 35.1. The lowest BCUT2D eigenvalue weighted by molar-refractivity contribution is 0.0664. The maximum absolute atomic E-state index is 12.7. The fourth-order valence-electron chi connectivity index (χ4n) is 3.46. The molecule has 0 aliphatic carbocycles. The molecular weight excluding hydrogens is 418 g/mol. The zero-order valence-corrected chi connectivity index (χ0v) is 17.8. The molecule has 31 heavy (non-hydrogen) atoms. The molecule has 0 saturated heterocycles. The van der Waals surface area contributed by atoms with E-state index in [1.165, 1.54) is 18.2 Å². The predicted molar refractivity (Wildman–Crippen MR) is 115 cm³/mol. The minimum atomic E-state index is -3.76. The molecule has 4 aromatic rings. The van der Waals surface area contributed by atoms with Crippen LogP contribution in [0.15, 0.2) is 64.2 Å². The maximum atomic E-state index is 12.7. The molecule has 8 nitrogen and oxygen atoms in total. The number of carbonyl (C=O) groups is 1. The monoisotopic (exact) mass is 439 g/mol. The van der Waals surface area contributed by atoms with Gasteiger partial charge in [-0.15, -0.1) is 0 Å². The summed E-state index contributed by atoms with van der Waals surface area (Å²) in [6, 6.07) is 12.2. The van der Waals surface area contributed by atoms with E-state index in [2.05, 4.69) is 9.82 Å². The molecule has 0 fully saturated rings. The van der Waals surface area contributed by atoms with Crippen LogP contribution in [0.1, 0.15) is 21.7 Å². The fraction of sp³-hybridized carbons (Fsp3) is 0.182. The number of nitrogens with zero attached hydrogens (tertiary/aromatic N) is 2. The Balaban J connectivity index is 1.48. The number of carboxylic acids is 1. The van der Waals surface area contributed by atoms with E-state index in [1.807, 2.05) is 37.5 Å². The van der Waals surface area contributed by atoms with E-state index in [9.17, 15) is 18.3 Å². The number of aryl methyl sites for hydroxylation is 2. The molecule has 0 saturated carbocycles. The fourth-order valence-corrected chi connectivity index (χ4v) is 4.52. The van der Waals surface area contributed by atoms with Gasteiger partial charge in [0, 0.05) is 36.3 Å². The van der Waals surface area contributed by atoms with Crippen LogP contribution < -0.4 is 4.72 Å². The van der Waals surface area contributed by atoms with Crippen molar-refractivity contribution in [3.63, 3.8) is 0 Å². The number of aromatic nitrogens is 2. The number of benzene rings is 2. The zero-order chi connectivity index (χ0) is 22.2. The number of aromatic carboxylic acids is 1. The Kier molecular flexibility index (Phi) is 5.38. The molecule has 0 bridgehead atoms. The number of hydrogen-bond acceptors (Lipinski definition) is 5. The number of furan rings is 1. The van der Waals surface area contributed by atoms with E-state index < -0.39 is 16.0 Å². The van der Waals surface area contributed by atoms with E-state index in [0.717, 1.165) is 16.7 Å². The summed E-state index contributed by atoms with van der Waals surface area (Å²) in [5, 5.41) is 13.8. The van der Waals surface area contributed by atoms with E-state index in [4.69, 9.17) is 4.42 Å². The molecule has 0 radical (unpaired) electrons. The molecule has 0 unspecified atom stereocenters. The molecule has 4 rings (SSSR count). The third kappa shape index (κ3) is 4.23. The van der Waals surface area contributed by atoms with Gasteiger partial charge < -0.3 is 9.52 Å². The van der Waals surface area contributed by atoms with Gasteiger partial charge in [-0.2, -0.15) is 5.10 Å². The van der Waals surface area contributed by atoms with Gasteiger partial charge in [-0.1, -0.05) is 24.3 Å². The molecule has 160 valence electrons. The van der Waals surface area contributed by atoms with Crippen LogP contribution in [0.3, 0.4) is 0 Å². The Hall–Kier alpha value is -3.43. The van der Waals surface area contributed by atoms with Crippen LogP contribution in [0, 0.1) is 6.92 Å². The first-order chi connectivity index (χ1) is 14.7. The standard InChI is InChI=1S/C22H21N3O5S/c1-14-19-11-18(6-7-20(19)30-21(14)22(26)27)31(28,29)24-9-8-15-4-3-5-16(10-15)17-12-23-25(2)13-17/h3-7,10-13,24H,8-9H2,1-2H3,(H,26,27). The molecule has 2 aromatic carbocycles. The largest absolute Gasteiger partial charge is 0.475 e. The number of sulfonamides is 1. The lowest BCUT2D eigenvalue weighted by Crippen LogP contribution is -2.26. The summed E-state index contributed by atoms with van der Waals surface area (Å²) in [6.07, 6.45) is 4.22. The van der Waals surface area contributed by atoms with Crippen molar-refractivity contribution in [3.05, 3.63) is 71.7 Å². The van der Waals surface area contributed by atoms with Crippen LogP contribution in [0.25, 0.3) is 22.1 Å².